The zero-order chi connectivity index (χ0) is 19.3. The number of benzene rings is 3. The van der Waals surface area contributed by atoms with Gasteiger partial charge in [-0.15, -0.1) is 0 Å². The van der Waals surface area contributed by atoms with E-state index in [1.54, 1.807) is 10.6 Å². The van der Waals surface area contributed by atoms with Crippen LogP contribution >= 0.6 is 11.8 Å². The molecule has 0 unspecified atom stereocenters. The predicted molar refractivity (Wildman–Crippen MR) is 116 cm³/mol. The maximum Gasteiger partial charge on any atom is 0.255 e. The average Bonchev–Trinajstić information content (AvgIpc) is 2.77. The number of hydrogen-bond donors (Lipinski definition) is 0. The van der Waals surface area contributed by atoms with Crippen molar-refractivity contribution >= 4 is 11.8 Å². The van der Waals surface area contributed by atoms with Crippen molar-refractivity contribution in [2.45, 2.75) is 11.2 Å². The molecule has 0 saturated carbocycles. The minimum absolute atomic E-state index is 0.0593. The first-order valence-corrected chi connectivity index (χ1v) is 10.3. The molecule has 0 saturated heterocycles. The second-order valence-corrected chi connectivity index (χ2v) is 7.20. The highest BCUT2D eigenvalue weighted by Gasteiger charge is 2.21. The SMILES string of the molecule is CSc1nc(-c2ccccc2)cc(=O)n1C(c1ccccc1)c1ccccc1. The van der Waals surface area contributed by atoms with Gasteiger partial charge >= 0.3 is 0 Å². The normalized spacial score (nSPS) is 10.9. The molecule has 0 amide bonds. The Balaban J connectivity index is 1.93. The lowest BCUT2D eigenvalue weighted by molar-refractivity contribution is 0.570. The van der Waals surface area contributed by atoms with Crippen molar-refractivity contribution in [3.8, 4) is 11.3 Å². The third kappa shape index (κ3) is 3.64. The van der Waals surface area contributed by atoms with E-state index in [1.165, 1.54) is 11.8 Å². The minimum atomic E-state index is -0.227. The van der Waals surface area contributed by atoms with Crippen molar-refractivity contribution in [3.63, 3.8) is 0 Å². The van der Waals surface area contributed by atoms with Crippen LogP contribution in [0.1, 0.15) is 17.2 Å². The Morgan fingerprint density at radius 2 is 1.29 bits per heavy atom. The molecule has 3 aromatic carbocycles. The quantitative estimate of drug-likeness (QED) is 0.347. The molecule has 0 fully saturated rings. The zero-order valence-corrected chi connectivity index (χ0v) is 16.3. The van der Waals surface area contributed by atoms with Crippen molar-refractivity contribution in [1.82, 2.24) is 9.55 Å². The van der Waals surface area contributed by atoms with E-state index in [4.69, 9.17) is 4.98 Å². The Labute approximate surface area is 168 Å². The van der Waals surface area contributed by atoms with Crippen LogP contribution in [0.2, 0.25) is 0 Å². The summed E-state index contributed by atoms with van der Waals surface area (Å²) in [6.45, 7) is 0. The van der Waals surface area contributed by atoms with Crippen LogP contribution in [0.3, 0.4) is 0 Å². The zero-order valence-electron chi connectivity index (χ0n) is 15.5. The summed E-state index contributed by atoms with van der Waals surface area (Å²) >= 11 is 1.49. The van der Waals surface area contributed by atoms with Gasteiger partial charge in [0.15, 0.2) is 5.16 Å². The maximum atomic E-state index is 13.3. The molecular formula is C24H20N2OS. The molecule has 4 aromatic rings. The first-order chi connectivity index (χ1) is 13.8. The maximum absolute atomic E-state index is 13.3. The van der Waals surface area contributed by atoms with Crippen molar-refractivity contribution in [2.24, 2.45) is 0 Å². The monoisotopic (exact) mass is 384 g/mol. The molecule has 28 heavy (non-hydrogen) atoms. The number of nitrogens with zero attached hydrogens (tertiary/aromatic N) is 2. The number of aromatic nitrogens is 2. The van der Waals surface area contributed by atoms with Gasteiger partial charge in [-0.2, -0.15) is 0 Å². The molecule has 1 heterocycles. The molecule has 0 N–H and O–H groups in total. The first-order valence-electron chi connectivity index (χ1n) is 9.11. The molecule has 0 bridgehead atoms. The third-order valence-corrected chi connectivity index (χ3v) is 5.31. The minimum Gasteiger partial charge on any atom is -0.276 e. The molecule has 0 aliphatic heterocycles. The summed E-state index contributed by atoms with van der Waals surface area (Å²) in [6.07, 6.45) is 1.96. The predicted octanol–water partition coefficient (Wildman–Crippen LogP) is 5.27. The molecule has 0 aliphatic rings. The van der Waals surface area contributed by atoms with Gasteiger partial charge in [-0.1, -0.05) is 103 Å². The average molecular weight is 385 g/mol. The van der Waals surface area contributed by atoms with Crippen LogP contribution in [-0.4, -0.2) is 15.8 Å². The number of hydrogen-bond acceptors (Lipinski definition) is 3. The molecule has 138 valence electrons. The van der Waals surface area contributed by atoms with Gasteiger partial charge in [-0.05, 0) is 17.4 Å². The molecule has 0 atom stereocenters. The Kier molecular flexibility index (Phi) is 5.40. The lowest BCUT2D eigenvalue weighted by Crippen LogP contribution is -2.28. The Hall–Kier alpha value is -3.11. The lowest BCUT2D eigenvalue weighted by atomic mass is 9.98. The van der Waals surface area contributed by atoms with Crippen LogP contribution in [0, 0.1) is 0 Å². The fourth-order valence-electron chi connectivity index (χ4n) is 3.37. The molecular weight excluding hydrogens is 364 g/mol. The Bertz CT molecular complexity index is 1070. The molecule has 0 spiro atoms. The Morgan fingerprint density at radius 3 is 1.79 bits per heavy atom. The standard InChI is InChI=1S/C24H20N2OS/c1-28-24-25-21(18-11-5-2-6-12-18)17-22(27)26(24)23(19-13-7-3-8-14-19)20-15-9-4-10-16-20/h2-17,23H,1H3. The van der Waals surface area contributed by atoms with Crippen LogP contribution in [0.25, 0.3) is 11.3 Å². The van der Waals surface area contributed by atoms with Gasteiger partial charge in [-0.3, -0.25) is 9.36 Å². The van der Waals surface area contributed by atoms with Crippen LogP contribution in [0.5, 0.6) is 0 Å². The third-order valence-electron chi connectivity index (χ3n) is 4.66. The fourth-order valence-corrected chi connectivity index (χ4v) is 3.95. The van der Waals surface area contributed by atoms with Gasteiger partial charge in [-0.25, -0.2) is 4.98 Å². The summed E-state index contributed by atoms with van der Waals surface area (Å²) in [7, 11) is 0. The van der Waals surface area contributed by atoms with Gasteiger partial charge in [0.2, 0.25) is 0 Å². The smallest absolute Gasteiger partial charge is 0.255 e. The largest absolute Gasteiger partial charge is 0.276 e. The summed E-state index contributed by atoms with van der Waals surface area (Å²) in [5, 5.41) is 0.698. The molecule has 0 aliphatic carbocycles. The van der Waals surface area contributed by atoms with E-state index in [0.717, 1.165) is 16.7 Å². The number of rotatable bonds is 5. The highest BCUT2D eigenvalue weighted by Crippen LogP contribution is 2.29. The van der Waals surface area contributed by atoms with E-state index in [2.05, 4.69) is 24.3 Å². The van der Waals surface area contributed by atoms with Crippen LogP contribution in [-0.2, 0) is 0 Å². The van der Waals surface area contributed by atoms with E-state index in [0.29, 0.717) is 10.9 Å². The van der Waals surface area contributed by atoms with E-state index < -0.39 is 0 Å². The lowest BCUT2D eigenvalue weighted by Gasteiger charge is -2.23. The van der Waals surface area contributed by atoms with Gasteiger partial charge in [0.25, 0.3) is 5.56 Å². The first kappa shape index (κ1) is 18.3. The van der Waals surface area contributed by atoms with Crippen LogP contribution in [0.4, 0.5) is 0 Å². The summed E-state index contributed by atoms with van der Waals surface area (Å²) in [5.74, 6) is 0. The molecule has 4 rings (SSSR count). The number of thioether (sulfide) groups is 1. The van der Waals surface area contributed by atoms with Gasteiger partial charge in [0.1, 0.15) is 0 Å². The second-order valence-electron chi connectivity index (χ2n) is 6.43. The van der Waals surface area contributed by atoms with Gasteiger partial charge < -0.3 is 0 Å². The van der Waals surface area contributed by atoms with Crippen molar-refractivity contribution in [3.05, 3.63) is 119 Å². The van der Waals surface area contributed by atoms with Crippen molar-refractivity contribution in [2.75, 3.05) is 6.26 Å². The van der Waals surface area contributed by atoms with Crippen LogP contribution in [0.15, 0.2) is 107 Å². The highest BCUT2D eigenvalue weighted by atomic mass is 32.2. The molecule has 3 nitrogen and oxygen atoms in total. The summed E-state index contributed by atoms with van der Waals surface area (Å²) in [4.78, 5) is 18.1. The van der Waals surface area contributed by atoms with Gasteiger partial charge in [0.05, 0.1) is 11.7 Å². The van der Waals surface area contributed by atoms with E-state index in [9.17, 15) is 4.79 Å². The highest BCUT2D eigenvalue weighted by molar-refractivity contribution is 7.98. The molecule has 1 aromatic heterocycles. The van der Waals surface area contributed by atoms with E-state index in [1.807, 2.05) is 73.0 Å². The van der Waals surface area contributed by atoms with Crippen molar-refractivity contribution < 1.29 is 0 Å². The summed E-state index contributed by atoms with van der Waals surface area (Å²) in [5.41, 5.74) is 3.70. The molecule has 4 heteroatoms. The Morgan fingerprint density at radius 1 is 0.786 bits per heavy atom. The van der Waals surface area contributed by atoms with E-state index in [-0.39, 0.29) is 11.6 Å². The topological polar surface area (TPSA) is 34.9 Å². The fraction of sp³-hybridized carbons (Fsp3) is 0.0833. The summed E-state index contributed by atoms with van der Waals surface area (Å²) in [6, 6.07) is 31.4. The van der Waals surface area contributed by atoms with Crippen molar-refractivity contribution in [1.29, 1.82) is 0 Å². The summed E-state index contributed by atoms with van der Waals surface area (Å²) < 4.78 is 1.79. The van der Waals surface area contributed by atoms with E-state index >= 15 is 0 Å². The molecule has 0 radical (unpaired) electrons. The van der Waals surface area contributed by atoms with Gasteiger partial charge in [0, 0.05) is 11.6 Å². The second kappa shape index (κ2) is 8.28. The van der Waals surface area contributed by atoms with Crippen LogP contribution < -0.4 is 5.56 Å².